The van der Waals surface area contributed by atoms with Crippen LogP contribution >= 0.6 is 0 Å². The van der Waals surface area contributed by atoms with E-state index in [4.69, 9.17) is 5.11 Å². The van der Waals surface area contributed by atoms with Gasteiger partial charge in [-0.05, 0) is 6.92 Å². The minimum absolute atomic E-state index is 1.11. The van der Waals surface area contributed by atoms with Crippen molar-refractivity contribution in [3.8, 4) is 0 Å². The van der Waals surface area contributed by atoms with Crippen LogP contribution in [0, 0.1) is 0 Å². The molecule has 0 amide bonds. The van der Waals surface area contributed by atoms with Crippen LogP contribution in [-0.4, -0.2) is 25.9 Å². The lowest BCUT2D eigenvalue weighted by Crippen LogP contribution is -2.19. The summed E-state index contributed by atoms with van der Waals surface area (Å²) in [4.78, 5) is 10.1. The first-order chi connectivity index (χ1) is 4.04. The smallest absolute Gasteiger partial charge is 0.347 e. The fraction of sp³-hybridized carbons (Fsp3) is 0.667. The van der Waals surface area contributed by atoms with Gasteiger partial charge in [0.25, 0.3) is 0 Å². The van der Waals surface area contributed by atoms with Crippen molar-refractivity contribution in [3.05, 3.63) is 0 Å². The average Bonchev–Trinajstić information content (AvgIpc) is 1.63. The van der Waals surface area contributed by atoms with E-state index in [0.717, 1.165) is 6.92 Å². The van der Waals surface area contributed by atoms with Crippen molar-refractivity contribution in [1.29, 1.82) is 0 Å². The molecule has 0 saturated heterocycles. The molecule has 6 heteroatoms. The summed E-state index contributed by atoms with van der Waals surface area (Å²) in [5.74, 6) is -1.18. The van der Waals surface area contributed by atoms with E-state index >= 15 is 0 Å². The topological polar surface area (TPSA) is 86.7 Å². The van der Waals surface area contributed by atoms with Gasteiger partial charge in [-0.2, -0.15) is 0 Å². The Morgan fingerprint density at radius 1 is 1.89 bits per heavy atom. The van der Waals surface area contributed by atoms with Crippen LogP contribution in [0.1, 0.15) is 6.92 Å². The zero-order chi connectivity index (χ0) is 7.44. The highest BCUT2D eigenvalue weighted by Crippen LogP contribution is 1.87. The lowest BCUT2D eigenvalue weighted by molar-refractivity contribution is -0.142. The van der Waals surface area contributed by atoms with E-state index in [-0.39, 0.29) is 0 Å². The molecule has 0 aliphatic heterocycles. The molecule has 0 aromatic rings. The van der Waals surface area contributed by atoms with Crippen molar-refractivity contribution in [2.75, 3.05) is 0 Å². The lowest BCUT2D eigenvalue weighted by Gasteiger charge is -2.05. The van der Waals surface area contributed by atoms with E-state index in [9.17, 15) is 13.6 Å². The Hall–Kier alpha value is -0.460. The molecule has 5 nitrogen and oxygen atoms in total. The van der Waals surface area contributed by atoms with Crippen LogP contribution in [0.3, 0.4) is 0 Å². The summed E-state index contributed by atoms with van der Waals surface area (Å²) in [5.41, 5.74) is 0. The molecule has 0 aliphatic carbocycles. The molecule has 0 spiro atoms. The minimum Gasteiger partial charge on any atom is -0.740 e. The van der Waals surface area contributed by atoms with Crippen molar-refractivity contribution in [2.24, 2.45) is 0 Å². The molecule has 0 aromatic heterocycles. The second-order valence-corrected chi connectivity index (χ2v) is 1.86. The van der Waals surface area contributed by atoms with Crippen LogP contribution in [0.4, 0.5) is 0 Å². The van der Waals surface area contributed by atoms with Gasteiger partial charge in [0, 0.05) is 0 Å². The normalized spacial score (nSPS) is 16.3. The maximum atomic E-state index is 10.1. The Kier molecular flexibility index (Phi) is 3.36. The number of aliphatic hydroxyl groups excluding tert-OH is 1. The monoisotopic (exact) mass is 153 g/mol. The SMILES string of the molecule is CC(O)C(=O)OS(=O)[O-]. The highest BCUT2D eigenvalue weighted by atomic mass is 32.2. The number of rotatable bonds is 2. The molecule has 9 heavy (non-hydrogen) atoms. The maximum absolute atomic E-state index is 10.1. The van der Waals surface area contributed by atoms with Gasteiger partial charge in [0.05, 0.1) is 0 Å². The van der Waals surface area contributed by atoms with Gasteiger partial charge in [-0.1, -0.05) is 0 Å². The average molecular weight is 153 g/mol. The van der Waals surface area contributed by atoms with Crippen LogP contribution in [0.2, 0.25) is 0 Å². The Labute approximate surface area is 54.1 Å². The summed E-state index contributed by atoms with van der Waals surface area (Å²) in [7, 11) is 0. The molecule has 2 atom stereocenters. The first kappa shape index (κ1) is 8.54. The molecule has 0 bridgehead atoms. The van der Waals surface area contributed by atoms with Crippen LogP contribution in [0.15, 0.2) is 0 Å². The molecule has 0 aromatic carbocycles. The Balaban J connectivity index is 3.64. The van der Waals surface area contributed by atoms with Crippen molar-refractivity contribution < 1.29 is 22.8 Å². The Bertz CT molecular complexity index is 130. The molecular formula is C3H5O5S-. The summed E-state index contributed by atoms with van der Waals surface area (Å²) in [6.45, 7) is 1.11. The second kappa shape index (κ2) is 3.54. The molecule has 0 rings (SSSR count). The van der Waals surface area contributed by atoms with Crippen molar-refractivity contribution in [2.45, 2.75) is 13.0 Å². The summed E-state index contributed by atoms with van der Waals surface area (Å²) in [5, 5.41) is 8.32. The van der Waals surface area contributed by atoms with Gasteiger partial charge in [0.15, 0.2) is 0 Å². The summed E-state index contributed by atoms with van der Waals surface area (Å²) < 4.78 is 22.7. The van der Waals surface area contributed by atoms with Crippen LogP contribution in [-0.2, 0) is 20.3 Å². The summed E-state index contributed by atoms with van der Waals surface area (Å²) >= 11 is -2.88. The highest BCUT2D eigenvalue weighted by molar-refractivity contribution is 7.74. The van der Waals surface area contributed by atoms with E-state index in [1.807, 2.05) is 0 Å². The van der Waals surface area contributed by atoms with Crippen molar-refractivity contribution in [3.63, 3.8) is 0 Å². The summed E-state index contributed by atoms with van der Waals surface area (Å²) in [6.07, 6.45) is -1.40. The molecule has 0 saturated carbocycles. The fourth-order valence-corrected chi connectivity index (χ4v) is 0.410. The number of carbonyl (C=O) groups excluding carboxylic acids is 1. The third-order valence-electron chi connectivity index (χ3n) is 0.491. The van der Waals surface area contributed by atoms with Crippen LogP contribution < -0.4 is 0 Å². The number of hydrogen-bond donors (Lipinski definition) is 1. The second-order valence-electron chi connectivity index (χ2n) is 1.28. The first-order valence-corrected chi connectivity index (χ1v) is 3.03. The molecule has 0 heterocycles. The molecule has 0 radical (unpaired) electrons. The molecular weight excluding hydrogens is 148 g/mol. The van der Waals surface area contributed by atoms with Gasteiger partial charge in [0.1, 0.15) is 17.5 Å². The maximum Gasteiger partial charge on any atom is 0.347 e. The molecule has 0 fully saturated rings. The van der Waals surface area contributed by atoms with Gasteiger partial charge in [0.2, 0.25) is 0 Å². The van der Waals surface area contributed by atoms with Gasteiger partial charge in [-0.3, -0.25) is 0 Å². The van der Waals surface area contributed by atoms with Gasteiger partial charge < -0.3 is 13.8 Å². The quantitative estimate of drug-likeness (QED) is 0.498. The third kappa shape index (κ3) is 4.07. The fourth-order valence-electron chi connectivity index (χ4n) is 0.137. The van der Waals surface area contributed by atoms with E-state index in [1.165, 1.54) is 0 Å². The van der Waals surface area contributed by atoms with E-state index < -0.39 is 23.4 Å². The Morgan fingerprint density at radius 3 is 2.44 bits per heavy atom. The standard InChI is InChI=1S/C3H6O5S/c1-2(4)3(5)8-9(6)7/h2,4H,1H3,(H,6,7)/p-1. The van der Waals surface area contributed by atoms with E-state index in [0.29, 0.717) is 0 Å². The predicted molar refractivity (Wildman–Crippen MR) is 26.7 cm³/mol. The van der Waals surface area contributed by atoms with Crippen molar-refractivity contribution in [1.82, 2.24) is 0 Å². The summed E-state index contributed by atoms with van der Waals surface area (Å²) in [6, 6.07) is 0. The molecule has 2 unspecified atom stereocenters. The van der Waals surface area contributed by atoms with Crippen LogP contribution in [0.5, 0.6) is 0 Å². The largest absolute Gasteiger partial charge is 0.740 e. The van der Waals surface area contributed by atoms with Gasteiger partial charge in [-0.25, -0.2) is 9.00 Å². The van der Waals surface area contributed by atoms with Crippen LogP contribution in [0.25, 0.3) is 0 Å². The van der Waals surface area contributed by atoms with E-state index in [1.54, 1.807) is 0 Å². The van der Waals surface area contributed by atoms with E-state index in [2.05, 4.69) is 4.18 Å². The molecule has 54 valence electrons. The van der Waals surface area contributed by atoms with Crippen molar-refractivity contribution >= 4 is 17.3 Å². The number of aliphatic hydroxyl groups is 1. The molecule has 1 N–H and O–H groups in total. The number of carbonyl (C=O) groups is 1. The lowest BCUT2D eigenvalue weighted by atomic mass is 10.4. The van der Waals surface area contributed by atoms with Gasteiger partial charge >= 0.3 is 5.97 Å². The zero-order valence-electron chi connectivity index (χ0n) is 4.57. The third-order valence-corrected chi connectivity index (χ3v) is 0.792. The van der Waals surface area contributed by atoms with Gasteiger partial charge in [-0.15, -0.1) is 0 Å². The molecule has 0 aliphatic rings. The Morgan fingerprint density at radius 2 is 2.33 bits per heavy atom. The first-order valence-electron chi connectivity index (χ1n) is 2.03. The highest BCUT2D eigenvalue weighted by Gasteiger charge is 2.09. The zero-order valence-corrected chi connectivity index (χ0v) is 5.38. The minimum atomic E-state index is -2.88. The predicted octanol–water partition coefficient (Wildman–Crippen LogP) is -1.30. The number of hydrogen-bond acceptors (Lipinski definition) is 5.